The summed E-state index contributed by atoms with van der Waals surface area (Å²) in [5, 5.41) is 12.1. The third kappa shape index (κ3) is 2.12. The summed E-state index contributed by atoms with van der Waals surface area (Å²) in [4.78, 5) is 0. The van der Waals surface area contributed by atoms with Crippen molar-refractivity contribution in [1.29, 1.82) is 0 Å². The second-order valence-corrected chi connectivity index (χ2v) is 5.15. The van der Waals surface area contributed by atoms with Gasteiger partial charge in [0.15, 0.2) is 0 Å². The lowest BCUT2D eigenvalue weighted by Gasteiger charge is -2.28. The number of hydrogen-bond acceptors (Lipinski definition) is 3. The smallest absolute Gasteiger partial charge is 0.136 e. The highest BCUT2D eigenvalue weighted by atomic mass is 15.3. The van der Waals surface area contributed by atoms with E-state index < -0.39 is 0 Å². The first-order chi connectivity index (χ1) is 7.59. The fourth-order valence-corrected chi connectivity index (χ4v) is 2.67. The number of nitrogens with zero attached hydrogens (tertiary/aromatic N) is 3. The lowest BCUT2D eigenvalue weighted by molar-refractivity contribution is 0.357. The van der Waals surface area contributed by atoms with E-state index in [1.165, 1.54) is 18.7 Å². The Kier molecular flexibility index (Phi) is 3.28. The summed E-state index contributed by atoms with van der Waals surface area (Å²) in [5.41, 5.74) is 0. The van der Waals surface area contributed by atoms with Crippen LogP contribution in [-0.4, -0.2) is 27.4 Å². The van der Waals surface area contributed by atoms with Crippen molar-refractivity contribution in [2.75, 3.05) is 6.54 Å². The molecule has 2 rings (SSSR count). The molecule has 16 heavy (non-hydrogen) atoms. The molecule has 0 bridgehead atoms. The Labute approximate surface area is 97.5 Å². The van der Waals surface area contributed by atoms with Crippen LogP contribution in [0.5, 0.6) is 0 Å². The number of aromatic nitrogens is 3. The molecule has 0 saturated carbocycles. The van der Waals surface area contributed by atoms with Crippen molar-refractivity contribution in [2.24, 2.45) is 0 Å². The molecule has 1 N–H and O–H groups in total. The van der Waals surface area contributed by atoms with Crippen LogP contribution in [0.3, 0.4) is 0 Å². The molecule has 0 radical (unpaired) electrons. The SMILES string of the molecule is Cc1nnc(C2CCNC(C)C2)n1C(C)C. The van der Waals surface area contributed by atoms with E-state index in [4.69, 9.17) is 0 Å². The van der Waals surface area contributed by atoms with Crippen molar-refractivity contribution in [3.05, 3.63) is 11.6 Å². The van der Waals surface area contributed by atoms with Gasteiger partial charge in [-0.05, 0) is 47.1 Å². The Morgan fingerprint density at radius 2 is 2.12 bits per heavy atom. The van der Waals surface area contributed by atoms with Crippen LogP contribution in [0, 0.1) is 6.92 Å². The monoisotopic (exact) mass is 222 g/mol. The summed E-state index contributed by atoms with van der Waals surface area (Å²) in [7, 11) is 0. The average Bonchev–Trinajstić information content (AvgIpc) is 2.60. The van der Waals surface area contributed by atoms with E-state index in [1.807, 2.05) is 6.92 Å². The van der Waals surface area contributed by atoms with Crippen LogP contribution in [0.1, 0.15) is 57.2 Å². The molecule has 1 aliphatic rings. The Morgan fingerprint density at radius 1 is 1.38 bits per heavy atom. The second kappa shape index (κ2) is 4.53. The summed E-state index contributed by atoms with van der Waals surface area (Å²) >= 11 is 0. The normalized spacial score (nSPS) is 26.3. The minimum absolute atomic E-state index is 0.454. The molecule has 1 fully saturated rings. The van der Waals surface area contributed by atoms with Gasteiger partial charge in [0.25, 0.3) is 0 Å². The fourth-order valence-electron chi connectivity index (χ4n) is 2.67. The maximum Gasteiger partial charge on any atom is 0.136 e. The van der Waals surface area contributed by atoms with Crippen LogP contribution in [0.25, 0.3) is 0 Å². The van der Waals surface area contributed by atoms with Gasteiger partial charge in [-0.1, -0.05) is 0 Å². The van der Waals surface area contributed by atoms with Crippen LogP contribution in [0.4, 0.5) is 0 Å². The summed E-state index contributed by atoms with van der Waals surface area (Å²) in [5.74, 6) is 2.79. The molecule has 90 valence electrons. The van der Waals surface area contributed by atoms with Gasteiger partial charge < -0.3 is 9.88 Å². The van der Waals surface area contributed by atoms with Gasteiger partial charge in [0, 0.05) is 18.0 Å². The van der Waals surface area contributed by atoms with Crippen LogP contribution >= 0.6 is 0 Å². The highest BCUT2D eigenvalue weighted by Crippen LogP contribution is 2.28. The topological polar surface area (TPSA) is 42.7 Å². The molecule has 0 spiro atoms. The van der Waals surface area contributed by atoms with Gasteiger partial charge in [0.1, 0.15) is 11.6 Å². The largest absolute Gasteiger partial charge is 0.314 e. The molecule has 1 aliphatic heterocycles. The predicted octanol–water partition coefficient (Wildman–Crippen LogP) is 2.02. The van der Waals surface area contributed by atoms with Crippen LogP contribution in [0.15, 0.2) is 0 Å². The molecule has 2 atom stereocenters. The molecular weight excluding hydrogens is 200 g/mol. The average molecular weight is 222 g/mol. The summed E-state index contributed by atoms with van der Waals surface area (Å²) < 4.78 is 2.28. The maximum absolute atomic E-state index is 4.38. The number of hydrogen-bond donors (Lipinski definition) is 1. The molecule has 0 aromatic carbocycles. The van der Waals surface area contributed by atoms with Crippen molar-refractivity contribution in [3.63, 3.8) is 0 Å². The molecular formula is C12H22N4. The first kappa shape index (κ1) is 11.6. The highest BCUT2D eigenvalue weighted by Gasteiger charge is 2.25. The lowest BCUT2D eigenvalue weighted by atomic mass is 9.92. The molecule has 0 aliphatic carbocycles. The zero-order valence-electron chi connectivity index (χ0n) is 10.7. The van der Waals surface area contributed by atoms with Crippen molar-refractivity contribution >= 4 is 0 Å². The number of rotatable bonds is 2. The first-order valence-corrected chi connectivity index (χ1v) is 6.24. The Balaban J connectivity index is 2.25. The zero-order valence-corrected chi connectivity index (χ0v) is 10.7. The van der Waals surface area contributed by atoms with Crippen molar-refractivity contribution in [2.45, 2.75) is 58.5 Å². The van der Waals surface area contributed by atoms with Gasteiger partial charge in [0.05, 0.1) is 0 Å². The lowest BCUT2D eigenvalue weighted by Crippen LogP contribution is -2.35. The molecule has 1 aromatic heterocycles. The first-order valence-electron chi connectivity index (χ1n) is 6.24. The summed E-state index contributed by atoms with van der Waals surface area (Å²) in [6, 6.07) is 1.05. The molecule has 4 heteroatoms. The standard InChI is InChI=1S/C12H22N4/c1-8(2)16-10(4)14-15-12(16)11-5-6-13-9(3)7-11/h8-9,11,13H,5-7H2,1-4H3. The van der Waals surface area contributed by atoms with Crippen LogP contribution in [0.2, 0.25) is 0 Å². The van der Waals surface area contributed by atoms with Crippen molar-refractivity contribution < 1.29 is 0 Å². The van der Waals surface area contributed by atoms with Crippen molar-refractivity contribution in [3.8, 4) is 0 Å². The van der Waals surface area contributed by atoms with Gasteiger partial charge in [-0.3, -0.25) is 0 Å². The van der Waals surface area contributed by atoms with E-state index in [0.29, 0.717) is 18.0 Å². The molecule has 1 saturated heterocycles. The third-order valence-corrected chi connectivity index (χ3v) is 3.40. The zero-order chi connectivity index (χ0) is 11.7. The second-order valence-electron chi connectivity index (χ2n) is 5.15. The van der Waals surface area contributed by atoms with Gasteiger partial charge in [-0.2, -0.15) is 0 Å². The molecule has 0 amide bonds. The number of aryl methyl sites for hydroxylation is 1. The fraction of sp³-hybridized carbons (Fsp3) is 0.833. The van der Waals surface area contributed by atoms with Crippen molar-refractivity contribution in [1.82, 2.24) is 20.1 Å². The summed E-state index contributed by atoms with van der Waals surface area (Å²) in [6.45, 7) is 9.78. The van der Waals surface area contributed by atoms with Gasteiger partial charge >= 0.3 is 0 Å². The van der Waals surface area contributed by atoms with Crippen LogP contribution in [-0.2, 0) is 0 Å². The molecule has 2 heterocycles. The van der Waals surface area contributed by atoms with E-state index in [-0.39, 0.29) is 0 Å². The molecule has 1 aromatic rings. The van der Waals surface area contributed by atoms with E-state index in [0.717, 1.165) is 12.4 Å². The van der Waals surface area contributed by atoms with E-state index in [2.05, 4.69) is 40.9 Å². The molecule has 4 nitrogen and oxygen atoms in total. The van der Waals surface area contributed by atoms with Gasteiger partial charge in [-0.25, -0.2) is 0 Å². The minimum Gasteiger partial charge on any atom is -0.314 e. The molecule has 2 unspecified atom stereocenters. The highest BCUT2D eigenvalue weighted by molar-refractivity contribution is 5.05. The van der Waals surface area contributed by atoms with E-state index >= 15 is 0 Å². The Hall–Kier alpha value is -0.900. The van der Waals surface area contributed by atoms with Crippen LogP contribution < -0.4 is 5.32 Å². The van der Waals surface area contributed by atoms with Gasteiger partial charge in [-0.15, -0.1) is 10.2 Å². The predicted molar refractivity (Wildman–Crippen MR) is 64.6 cm³/mol. The summed E-state index contributed by atoms with van der Waals surface area (Å²) in [6.07, 6.45) is 2.35. The third-order valence-electron chi connectivity index (χ3n) is 3.40. The number of piperidine rings is 1. The maximum atomic E-state index is 4.38. The minimum atomic E-state index is 0.454. The van der Waals surface area contributed by atoms with E-state index in [1.54, 1.807) is 0 Å². The Morgan fingerprint density at radius 3 is 2.75 bits per heavy atom. The quantitative estimate of drug-likeness (QED) is 0.832. The Bertz CT molecular complexity index is 356. The van der Waals surface area contributed by atoms with E-state index in [9.17, 15) is 0 Å². The van der Waals surface area contributed by atoms with Gasteiger partial charge in [0.2, 0.25) is 0 Å². The number of nitrogens with one attached hydrogen (secondary N) is 1.